The maximum absolute atomic E-state index is 5.49. The summed E-state index contributed by atoms with van der Waals surface area (Å²) in [5.41, 5.74) is 13.6. The van der Waals surface area contributed by atoms with Gasteiger partial charge in [0.25, 0.3) is 0 Å². The Balaban J connectivity index is 1.66. The second kappa shape index (κ2) is 6.92. The monoisotopic (exact) mass is 421 g/mol. The Morgan fingerprint density at radius 1 is 1.23 bits per heavy atom. The highest BCUT2D eigenvalue weighted by Gasteiger charge is 2.52. The van der Waals surface area contributed by atoms with Crippen LogP contribution in [0.1, 0.15) is 65.7 Å². The van der Waals surface area contributed by atoms with E-state index in [-0.39, 0.29) is 0 Å². The number of rotatable bonds is 4. The number of fused-ring (bicyclic) bond motifs is 1. The zero-order valence-corrected chi connectivity index (χ0v) is 19.3. The predicted octanol–water partition coefficient (Wildman–Crippen LogP) is 5.43. The van der Waals surface area contributed by atoms with Crippen LogP contribution in [0, 0.1) is 26.2 Å². The van der Waals surface area contributed by atoms with Gasteiger partial charge in [-0.1, -0.05) is 13.8 Å². The molecule has 1 aliphatic carbocycles. The molecule has 1 atom stereocenters. The lowest BCUT2D eigenvalue weighted by Gasteiger charge is -2.56. The molecule has 2 aliphatic rings. The number of thiophene rings is 1. The molecule has 5 rings (SSSR count). The van der Waals surface area contributed by atoms with E-state index in [0.717, 1.165) is 11.5 Å². The van der Waals surface area contributed by atoms with Crippen LogP contribution in [-0.4, -0.2) is 29.4 Å². The summed E-state index contributed by atoms with van der Waals surface area (Å²) >= 11 is 1.98. The quantitative estimate of drug-likeness (QED) is 0.388. The van der Waals surface area contributed by atoms with Crippen molar-refractivity contribution in [1.29, 1.82) is 0 Å². The third-order valence-electron chi connectivity index (χ3n) is 7.56. The fourth-order valence-corrected chi connectivity index (χ4v) is 6.99. The number of nitrogens with zero attached hydrogens (tertiary/aromatic N) is 2. The lowest BCUT2D eigenvalue weighted by Crippen LogP contribution is -2.61. The average molecular weight is 422 g/mol. The van der Waals surface area contributed by atoms with Crippen LogP contribution in [0.3, 0.4) is 0 Å². The summed E-state index contributed by atoms with van der Waals surface area (Å²) in [7, 11) is 0. The van der Waals surface area contributed by atoms with Crippen molar-refractivity contribution < 1.29 is 0 Å². The van der Waals surface area contributed by atoms with Crippen LogP contribution in [0.15, 0.2) is 11.2 Å². The lowest BCUT2D eigenvalue weighted by atomic mass is 9.56. The van der Waals surface area contributed by atoms with E-state index >= 15 is 0 Å². The largest absolute Gasteiger partial charge is 0.390 e. The van der Waals surface area contributed by atoms with Gasteiger partial charge in [0.05, 0.1) is 12.0 Å². The summed E-state index contributed by atoms with van der Waals surface area (Å²) in [6.45, 7) is 13.5. The van der Waals surface area contributed by atoms with Gasteiger partial charge >= 0.3 is 0 Å². The molecule has 1 spiro atoms. The van der Waals surface area contributed by atoms with Crippen molar-refractivity contribution in [1.82, 2.24) is 15.3 Å². The van der Waals surface area contributed by atoms with Gasteiger partial charge in [0, 0.05) is 46.4 Å². The Hall–Kier alpha value is -2.18. The first kappa shape index (κ1) is 19.8. The van der Waals surface area contributed by atoms with Gasteiger partial charge in [-0.3, -0.25) is 0 Å². The molecule has 5 nitrogen and oxygen atoms in total. The van der Waals surface area contributed by atoms with Gasteiger partial charge < -0.3 is 16.0 Å². The Bertz CT molecular complexity index is 1160. The topological polar surface area (TPSA) is 79.1 Å². The number of nitrogens with one attached hydrogen (secondary N) is 2. The molecule has 0 radical (unpaired) electrons. The molecule has 6 heteroatoms. The molecule has 1 saturated heterocycles. The SMILES string of the molecule is Cc1c(-c2[nH]c3sc(C4CCC45CNC5)c(C)c3c2C(C)C)cnc(N=CN)c1C. The molecule has 2 fully saturated rings. The summed E-state index contributed by atoms with van der Waals surface area (Å²) in [4.78, 5) is 15.5. The number of hydrogen-bond donors (Lipinski definition) is 3. The van der Waals surface area contributed by atoms with Crippen LogP contribution in [0.25, 0.3) is 21.5 Å². The van der Waals surface area contributed by atoms with Gasteiger partial charge in [-0.25, -0.2) is 9.98 Å². The molecule has 1 aliphatic heterocycles. The lowest BCUT2D eigenvalue weighted by molar-refractivity contribution is 0.0269. The molecule has 3 aromatic rings. The normalized spacial score (nSPS) is 20.4. The minimum atomic E-state index is 0.428. The molecule has 0 amide bonds. The fourth-order valence-electron chi connectivity index (χ4n) is 5.49. The number of hydrogen-bond acceptors (Lipinski definition) is 4. The number of nitrogens with two attached hydrogens (primary N) is 1. The number of aryl methyl sites for hydroxylation is 1. The number of H-pyrrole nitrogens is 1. The molecule has 0 aromatic carbocycles. The Morgan fingerprint density at radius 3 is 2.57 bits per heavy atom. The van der Waals surface area contributed by atoms with Gasteiger partial charge in [0.2, 0.25) is 0 Å². The summed E-state index contributed by atoms with van der Waals surface area (Å²) < 4.78 is 0. The van der Waals surface area contributed by atoms with Crippen molar-refractivity contribution in [2.45, 2.75) is 59.3 Å². The highest BCUT2D eigenvalue weighted by molar-refractivity contribution is 7.19. The minimum absolute atomic E-state index is 0.428. The van der Waals surface area contributed by atoms with Crippen molar-refractivity contribution in [3.05, 3.63) is 33.3 Å². The third kappa shape index (κ3) is 2.63. The molecule has 30 heavy (non-hydrogen) atoms. The van der Waals surface area contributed by atoms with Crippen molar-refractivity contribution in [3.8, 4) is 11.3 Å². The average Bonchev–Trinajstić information content (AvgIpc) is 3.15. The van der Waals surface area contributed by atoms with Crippen molar-refractivity contribution in [3.63, 3.8) is 0 Å². The summed E-state index contributed by atoms with van der Waals surface area (Å²) in [5, 5.41) is 4.95. The molecule has 1 saturated carbocycles. The molecule has 1 unspecified atom stereocenters. The summed E-state index contributed by atoms with van der Waals surface area (Å²) in [6.07, 6.45) is 5.97. The van der Waals surface area contributed by atoms with E-state index in [2.05, 4.69) is 54.9 Å². The van der Waals surface area contributed by atoms with Crippen molar-refractivity contribution >= 4 is 33.7 Å². The fraction of sp³-hybridized carbons (Fsp3) is 0.500. The van der Waals surface area contributed by atoms with E-state index in [9.17, 15) is 0 Å². The molecular weight excluding hydrogens is 390 g/mol. The molecule has 4 heterocycles. The number of aromatic amines is 1. The second-order valence-corrected chi connectivity index (χ2v) is 10.5. The zero-order chi connectivity index (χ0) is 21.2. The van der Waals surface area contributed by atoms with Gasteiger partial charge in [-0.05, 0) is 61.8 Å². The molecular formula is C24H31N5S. The molecule has 3 aromatic heterocycles. The van der Waals surface area contributed by atoms with Crippen LogP contribution in [-0.2, 0) is 0 Å². The van der Waals surface area contributed by atoms with Gasteiger partial charge in [-0.2, -0.15) is 0 Å². The van der Waals surface area contributed by atoms with E-state index in [1.807, 2.05) is 17.5 Å². The van der Waals surface area contributed by atoms with E-state index in [0.29, 0.717) is 17.2 Å². The first-order valence-corrected chi connectivity index (χ1v) is 11.8. The standard InChI is InChI=1S/C24H31N5S/c1-12(2)18-19-15(5)21(17-6-7-24(17)9-26-10-24)30-23(19)29-20(18)16-8-27-22(28-11-25)14(4)13(16)3/h8,11-12,17,26,29H,6-7,9-10H2,1-5H3,(H2,25,27,28). The Labute approximate surface area is 182 Å². The van der Waals surface area contributed by atoms with Gasteiger partial charge in [0.15, 0.2) is 5.82 Å². The Kier molecular flexibility index (Phi) is 4.56. The van der Waals surface area contributed by atoms with Crippen molar-refractivity contribution in [2.24, 2.45) is 16.1 Å². The van der Waals surface area contributed by atoms with E-state index < -0.39 is 0 Å². The summed E-state index contributed by atoms with van der Waals surface area (Å²) in [5.74, 6) is 1.85. The Morgan fingerprint density at radius 2 is 2.00 bits per heavy atom. The zero-order valence-electron chi connectivity index (χ0n) is 18.5. The van der Waals surface area contributed by atoms with Crippen molar-refractivity contribution in [2.75, 3.05) is 13.1 Å². The van der Waals surface area contributed by atoms with Crippen LogP contribution >= 0.6 is 11.3 Å². The van der Waals surface area contributed by atoms with E-state index in [1.54, 1.807) is 4.88 Å². The number of aliphatic imine (C=N–C) groups is 1. The van der Waals surface area contributed by atoms with Gasteiger partial charge in [0.1, 0.15) is 4.83 Å². The molecule has 0 bridgehead atoms. The molecule has 158 valence electrons. The van der Waals surface area contributed by atoms with E-state index in [4.69, 9.17) is 5.73 Å². The summed E-state index contributed by atoms with van der Waals surface area (Å²) in [6, 6.07) is 0. The number of aromatic nitrogens is 2. The predicted molar refractivity (Wildman–Crippen MR) is 127 cm³/mol. The maximum atomic E-state index is 5.49. The first-order valence-electron chi connectivity index (χ1n) is 10.9. The van der Waals surface area contributed by atoms with Gasteiger partial charge in [-0.15, -0.1) is 11.3 Å². The van der Waals surface area contributed by atoms with Crippen LogP contribution in [0.2, 0.25) is 0 Å². The van der Waals surface area contributed by atoms with Crippen LogP contribution in [0.5, 0.6) is 0 Å². The first-order chi connectivity index (χ1) is 14.4. The highest BCUT2D eigenvalue weighted by Crippen LogP contribution is 2.58. The molecule has 4 N–H and O–H groups in total. The van der Waals surface area contributed by atoms with Crippen LogP contribution in [0.4, 0.5) is 5.82 Å². The smallest absolute Gasteiger partial charge is 0.156 e. The van der Waals surface area contributed by atoms with Crippen LogP contribution < -0.4 is 11.1 Å². The third-order valence-corrected chi connectivity index (χ3v) is 8.88. The maximum Gasteiger partial charge on any atom is 0.156 e. The highest BCUT2D eigenvalue weighted by atomic mass is 32.1. The second-order valence-electron chi connectivity index (χ2n) is 9.44. The van der Waals surface area contributed by atoms with E-state index in [1.165, 1.54) is 70.4 Å². The minimum Gasteiger partial charge on any atom is -0.390 e. The number of pyridine rings is 1.